The fourth-order valence-electron chi connectivity index (χ4n) is 5.96. The molecule has 31 heavy (non-hydrogen) atoms. The molecule has 1 aromatic rings. The van der Waals surface area contributed by atoms with Crippen molar-refractivity contribution in [2.75, 3.05) is 46.4 Å². The number of rotatable bonds is 1. The Morgan fingerprint density at radius 1 is 1.16 bits per heavy atom. The normalized spacial score (nSPS) is 29.2. The molecule has 4 aliphatic rings. The van der Waals surface area contributed by atoms with Gasteiger partial charge in [-0.15, -0.1) is 0 Å². The molecule has 4 heterocycles. The summed E-state index contributed by atoms with van der Waals surface area (Å²) in [6.07, 6.45) is 3.23. The number of likely N-dealkylation sites (N-methyl/N-ethyl adjacent to an activating group) is 1. The molecule has 1 aromatic carbocycles. The molecule has 2 amide bonds. The summed E-state index contributed by atoms with van der Waals surface area (Å²) in [5.41, 5.74) is 5.58. The molecule has 0 aromatic heterocycles. The van der Waals surface area contributed by atoms with Gasteiger partial charge in [0.25, 0.3) is 0 Å². The second-order valence-corrected chi connectivity index (χ2v) is 11.0. The summed E-state index contributed by atoms with van der Waals surface area (Å²) in [5.74, 6) is 0. The summed E-state index contributed by atoms with van der Waals surface area (Å²) in [4.78, 5) is 20.4. The van der Waals surface area contributed by atoms with Gasteiger partial charge in [0.05, 0.1) is 19.3 Å². The van der Waals surface area contributed by atoms with Gasteiger partial charge in [-0.3, -0.25) is 0 Å². The number of benzene rings is 1. The molecule has 3 atom stereocenters. The zero-order valence-electron chi connectivity index (χ0n) is 19.6. The molecule has 4 aliphatic heterocycles. The maximum atomic E-state index is 13.6. The minimum atomic E-state index is 0.102. The Morgan fingerprint density at radius 3 is 2.55 bits per heavy atom. The first-order valence-corrected chi connectivity index (χ1v) is 12.0. The van der Waals surface area contributed by atoms with E-state index in [1.165, 1.54) is 22.3 Å². The fraction of sp³-hybridized carbons (Fsp3) is 0.720. The third-order valence-corrected chi connectivity index (χ3v) is 7.70. The van der Waals surface area contributed by atoms with E-state index in [1.807, 2.05) is 0 Å². The van der Waals surface area contributed by atoms with Crippen molar-refractivity contribution in [3.8, 4) is 0 Å². The van der Waals surface area contributed by atoms with Gasteiger partial charge in [-0.2, -0.15) is 0 Å². The van der Waals surface area contributed by atoms with E-state index in [4.69, 9.17) is 4.74 Å². The van der Waals surface area contributed by atoms with Crippen molar-refractivity contribution < 1.29 is 9.53 Å². The second kappa shape index (κ2) is 8.05. The van der Waals surface area contributed by atoms with E-state index >= 15 is 0 Å². The molecule has 5 rings (SSSR count). The van der Waals surface area contributed by atoms with Crippen molar-refractivity contribution in [1.82, 2.24) is 20.0 Å². The molecule has 3 fully saturated rings. The number of amides is 2. The Balaban J connectivity index is 1.44. The quantitative estimate of drug-likeness (QED) is 0.750. The highest BCUT2D eigenvalue weighted by Gasteiger charge is 2.43. The summed E-state index contributed by atoms with van der Waals surface area (Å²) in [6, 6.07) is 6.00. The maximum absolute atomic E-state index is 13.6. The first kappa shape index (κ1) is 21.2. The number of carbonyl (C=O) groups is 1. The average molecular weight is 427 g/mol. The van der Waals surface area contributed by atoms with Crippen molar-refractivity contribution >= 4 is 6.03 Å². The lowest BCUT2D eigenvalue weighted by Crippen LogP contribution is -2.58. The van der Waals surface area contributed by atoms with Crippen LogP contribution in [0.3, 0.4) is 0 Å². The lowest BCUT2D eigenvalue weighted by atomic mass is 9.80. The SMILES string of the molecule is CN1CC2CCC(C1)N2C(=O)N1CCc2cc(C(C)(C)C)cc([C@@H]3COCCN3)c2C1. The van der Waals surface area contributed by atoms with Crippen LogP contribution in [0, 0.1) is 0 Å². The number of morpholine rings is 1. The average Bonchev–Trinajstić information content (AvgIpc) is 3.02. The van der Waals surface area contributed by atoms with E-state index in [9.17, 15) is 4.79 Å². The van der Waals surface area contributed by atoms with Crippen LogP contribution in [0.4, 0.5) is 4.79 Å². The number of fused-ring (bicyclic) bond motifs is 3. The molecule has 0 radical (unpaired) electrons. The van der Waals surface area contributed by atoms with Crippen LogP contribution in [-0.2, 0) is 23.1 Å². The summed E-state index contributed by atoms with van der Waals surface area (Å²) < 4.78 is 5.81. The summed E-state index contributed by atoms with van der Waals surface area (Å²) in [5, 5.41) is 3.66. The monoisotopic (exact) mass is 426 g/mol. The summed E-state index contributed by atoms with van der Waals surface area (Å²) >= 11 is 0. The highest BCUT2D eigenvalue weighted by Crippen LogP contribution is 2.36. The Hall–Kier alpha value is -1.63. The van der Waals surface area contributed by atoms with Gasteiger partial charge < -0.3 is 24.8 Å². The topological polar surface area (TPSA) is 48.0 Å². The highest BCUT2D eigenvalue weighted by atomic mass is 16.5. The van der Waals surface area contributed by atoms with Crippen LogP contribution in [-0.4, -0.2) is 79.3 Å². The van der Waals surface area contributed by atoms with Crippen LogP contribution in [0.15, 0.2) is 12.1 Å². The number of hydrogen-bond donors (Lipinski definition) is 1. The largest absolute Gasteiger partial charge is 0.378 e. The molecule has 0 aliphatic carbocycles. The number of carbonyl (C=O) groups excluding carboxylic acids is 1. The standard InChI is InChI=1S/C25H38N4O2/c1-25(2,3)18-11-17-7-9-28(15-22(17)21(12-18)23-16-31-10-8-26-23)24(30)29-19-5-6-20(29)14-27(4)13-19/h11-12,19-20,23,26H,5-10,13-16H2,1-4H3/t19?,20?,23-/m0/s1. The van der Waals surface area contributed by atoms with Crippen LogP contribution in [0.5, 0.6) is 0 Å². The lowest BCUT2D eigenvalue weighted by Gasteiger charge is -2.43. The third-order valence-electron chi connectivity index (χ3n) is 7.70. The Kier molecular flexibility index (Phi) is 5.51. The molecular formula is C25H38N4O2. The number of nitrogens with one attached hydrogen (secondary N) is 1. The van der Waals surface area contributed by atoms with Crippen LogP contribution < -0.4 is 5.32 Å². The minimum absolute atomic E-state index is 0.102. The zero-order valence-corrected chi connectivity index (χ0v) is 19.6. The Morgan fingerprint density at radius 2 is 1.90 bits per heavy atom. The molecule has 6 nitrogen and oxygen atoms in total. The first-order chi connectivity index (χ1) is 14.8. The molecule has 2 bridgehead atoms. The Labute approximate surface area is 186 Å². The minimum Gasteiger partial charge on any atom is -0.378 e. The molecule has 0 spiro atoms. The fourth-order valence-corrected chi connectivity index (χ4v) is 5.96. The van der Waals surface area contributed by atoms with E-state index in [1.54, 1.807) is 0 Å². The number of urea groups is 1. The molecule has 6 heteroatoms. The van der Waals surface area contributed by atoms with Crippen molar-refractivity contribution in [3.63, 3.8) is 0 Å². The van der Waals surface area contributed by atoms with Gasteiger partial charge >= 0.3 is 6.03 Å². The van der Waals surface area contributed by atoms with Gasteiger partial charge in [0, 0.05) is 44.8 Å². The summed E-state index contributed by atoms with van der Waals surface area (Å²) in [6.45, 7) is 12.8. The molecule has 1 N–H and O–H groups in total. The number of nitrogens with zero attached hydrogens (tertiary/aromatic N) is 3. The van der Waals surface area contributed by atoms with E-state index in [2.05, 4.69) is 60.0 Å². The van der Waals surface area contributed by atoms with E-state index in [0.717, 1.165) is 58.6 Å². The van der Waals surface area contributed by atoms with Gasteiger partial charge in [-0.25, -0.2) is 4.79 Å². The maximum Gasteiger partial charge on any atom is 0.320 e. The van der Waals surface area contributed by atoms with Crippen LogP contribution in [0.25, 0.3) is 0 Å². The molecular weight excluding hydrogens is 388 g/mol. The second-order valence-electron chi connectivity index (χ2n) is 11.0. The molecule has 3 saturated heterocycles. The number of piperazine rings is 1. The Bertz CT molecular complexity index is 829. The van der Waals surface area contributed by atoms with E-state index in [-0.39, 0.29) is 17.5 Å². The van der Waals surface area contributed by atoms with Crippen LogP contribution >= 0.6 is 0 Å². The predicted octanol–water partition coefficient (Wildman–Crippen LogP) is 2.90. The van der Waals surface area contributed by atoms with Crippen molar-refractivity contribution in [2.24, 2.45) is 0 Å². The number of hydrogen-bond acceptors (Lipinski definition) is 4. The molecule has 0 saturated carbocycles. The highest BCUT2D eigenvalue weighted by molar-refractivity contribution is 5.76. The van der Waals surface area contributed by atoms with E-state index < -0.39 is 0 Å². The van der Waals surface area contributed by atoms with Crippen molar-refractivity contribution in [3.05, 3.63) is 34.4 Å². The summed E-state index contributed by atoms with van der Waals surface area (Å²) in [7, 11) is 2.18. The van der Waals surface area contributed by atoms with Gasteiger partial charge in [-0.05, 0) is 54.0 Å². The lowest BCUT2D eigenvalue weighted by molar-refractivity contribution is 0.0733. The van der Waals surface area contributed by atoms with Crippen molar-refractivity contribution in [1.29, 1.82) is 0 Å². The van der Waals surface area contributed by atoms with Crippen LogP contribution in [0.1, 0.15) is 61.9 Å². The van der Waals surface area contributed by atoms with Gasteiger partial charge in [0.15, 0.2) is 0 Å². The smallest absolute Gasteiger partial charge is 0.320 e. The van der Waals surface area contributed by atoms with Crippen molar-refractivity contribution in [2.45, 2.75) is 70.1 Å². The van der Waals surface area contributed by atoms with Gasteiger partial charge in [0.1, 0.15) is 0 Å². The third kappa shape index (κ3) is 3.98. The van der Waals surface area contributed by atoms with Gasteiger partial charge in [-0.1, -0.05) is 32.9 Å². The first-order valence-electron chi connectivity index (χ1n) is 12.0. The number of ether oxygens (including phenoxy) is 1. The molecule has 2 unspecified atom stereocenters. The number of likely N-dealkylation sites (tertiary alicyclic amines) is 1. The van der Waals surface area contributed by atoms with Crippen LogP contribution in [0.2, 0.25) is 0 Å². The zero-order chi connectivity index (χ0) is 21.8. The van der Waals surface area contributed by atoms with E-state index in [0.29, 0.717) is 18.7 Å². The van der Waals surface area contributed by atoms with Gasteiger partial charge in [0.2, 0.25) is 0 Å². The predicted molar refractivity (Wildman–Crippen MR) is 122 cm³/mol. The molecule has 170 valence electrons.